The van der Waals surface area contributed by atoms with Crippen LogP contribution in [0.5, 0.6) is 0 Å². The van der Waals surface area contributed by atoms with Gasteiger partial charge in [-0.2, -0.15) is 0 Å². The molecule has 4 rings (SSSR count). The van der Waals surface area contributed by atoms with Crippen molar-refractivity contribution in [1.29, 1.82) is 0 Å². The van der Waals surface area contributed by atoms with E-state index in [2.05, 4.69) is 57.0 Å². The van der Waals surface area contributed by atoms with Crippen molar-refractivity contribution in [2.24, 2.45) is 0 Å². The Hall–Kier alpha value is -3.39. The quantitative estimate of drug-likeness (QED) is 0.507. The summed E-state index contributed by atoms with van der Waals surface area (Å²) in [6, 6.07) is 17.5. The fourth-order valence-electron chi connectivity index (χ4n) is 3.02. The minimum atomic E-state index is -0.566. The lowest BCUT2D eigenvalue weighted by Crippen LogP contribution is -2.28. The van der Waals surface area contributed by atoms with Crippen molar-refractivity contribution < 1.29 is 4.79 Å². The second kappa shape index (κ2) is 8.74. The highest BCUT2D eigenvalue weighted by Crippen LogP contribution is 2.26. The zero-order chi connectivity index (χ0) is 20.1. The lowest BCUT2D eigenvalue weighted by atomic mass is 10.1. The Morgan fingerprint density at radius 2 is 1.90 bits per heavy atom. The molecule has 146 valence electrons. The topological polar surface area (TPSA) is 85.6 Å². The summed E-state index contributed by atoms with van der Waals surface area (Å²) in [4.78, 5) is 17.6. The van der Waals surface area contributed by atoms with Crippen LogP contribution in [0.4, 0.5) is 5.13 Å². The molecular weight excluding hydrogens is 384 g/mol. The van der Waals surface area contributed by atoms with Gasteiger partial charge < -0.3 is 5.32 Å². The molecule has 29 heavy (non-hydrogen) atoms. The molecule has 0 fully saturated rings. The number of benzene rings is 2. The van der Waals surface area contributed by atoms with E-state index in [4.69, 9.17) is 0 Å². The molecule has 0 aliphatic heterocycles. The number of carbonyl (C=O) groups excluding carboxylic acids is 1. The maximum Gasteiger partial charge on any atom is 0.251 e. The molecule has 7 nitrogen and oxygen atoms in total. The number of nitrogens with one attached hydrogen (secondary N) is 1. The molecular formula is C21H20N6OS. The largest absolute Gasteiger partial charge is 0.300 e. The number of anilines is 1. The number of aromatic nitrogens is 5. The van der Waals surface area contributed by atoms with Gasteiger partial charge in [0.2, 0.25) is 0 Å². The Bertz CT molecular complexity index is 1060. The first-order chi connectivity index (χ1) is 14.2. The maximum absolute atomic E-state index is 13.0. The predicted octanol–water partition coefficient (Wildman–Crippen LogP) is 3.78. The molecule has 2 heterocycles. The smallest absolute Gasteiger partial charge is 0.251 e. The van der Waals surface area contributed by atoms with Gasteiger partial charge in [0, 0.05) is 17.4 Å². The molecule has 1 atom stereocenters. The number of rotatable bonds is 7. The molecule has 0 spiro atoms. The summed E-state index contributed by atoms with van der Waals surface area (Å²) in [5.41, 5.74) is 4.18. The average Bonchev–Trinajstić information content (AvgIpc) is 3.45. The van der Waals surface area contributed by atoms with Crippen LogP contribution in [-0.4, -0.2) is 31.1 Å². The summed E-state index contributed by atoms with van der Waals surface area (Å²) in [6.07, 6.45) is 2.93. The first-order valence-electron chi connectivity index (χ1n) is 9.35. The van der Waals surface area contributed by atoms with Crippen molar-refractivity contribution in [2.75, 3.05) is 5.32 Å². The van der Waals surface area contributed by atoms with Gasteiger partial charge in [-0.15, -0.1) is 16.4 Å². The number of nitrogens with zero attached hydrogens (tertiary/aromatic N) is 5. The third-order valence-electron chi connectivity index (χ3n) is 4.65. The number of amides is 1. The molecule has 1 N–H and O–H groups in total. The molecule has 4 aromatic rings. The van der Waals surface area contributed by atoms with E-state index in [1.165, 1.54) is 27.9 Å². The maximum atomic E-state index is 13.0. The van der Waals surface area contributed by atoms with E-state index >= 15 is 0 Å². The molecule has 2 aromatic heterocycles. The molecule has 0 aliphatic rings. The van der Waals surface area contributed by atoms with Crippen molar-refractivity contribution in [3.05, 3.63) is 77.4 Å². The molecule has 0 saturated heterocycles. The van der Waals surface area contributed by atoms with E-state index in [1.54, 1.807) is 0 Å². The standard InChI is InChI=1S/C21H20N6OS/c1-2-15-8-10-17(11-9-15)18-13-29-21(23-18)24-20(28)19(27-14-22-25-26-27)12-16-6-4-3-5-7-16/h3-11,13-14,19H,2,12H2,1H3,(H,23,24,28)/t19-/m0/s1. The van der Waals surface area contributed by atoms with Crippen molar-refractivity contribution in [3.8, 4) is 11.3 Å². The summed E-state index contributed by atoms with van der Waals surface area (Å²) in [7, 11) is 0. The third kappa shape index (κ3) is 4.55. The van der Waals surface area contributed by atoms with E-state index < -0.39 is 6.04 Å². The number of carbonyl (C=O) groups is 1. The SMILES string of the molecule is CCc1ccc(-c2csc(NC(=O)[C@H](Cc3ccccc3)n3cnnn3)n2)cc1. The van der Waals surface area contributed by atoms with Gasteiger partial charge in [-0.05, 0) is 28.0 Å². The summed E-state index contributed by atoms with van der Waals surface area (Å²) in [6.45, 7) is 2.13. The molecule has 0 aliphatic carbocycles. The molecule has 2 aromatic carbocycles. The lowest BCUT2D eigenvalue weighted by Gasteiger charge is -2.15. The molecule has 0 bridgehead atoms. The zero-order valence-corrected chi connectivity index (χ0v) is 16.7. The van der Waals surface area contributed by atoms with E-state index in [0.717, 1.165) is 23.2 Å². The molecule has 0 saturated carbocycles. The van der Waals surface area contributed by atoms with Crippen LogP contribution in [-0.2, 0) is 17.6 Å². The fourth-order valence-corrected chi connectivity index (χ4v) is 3.74. The molecule has 0 radical (unpaired) electrons. The number of hydrogen-bond acceptors (Lipinski definition) is 6. The van der Waals surface area contributed by atoms with Crippen molar-refractivity contribution in [2.45, 2.75) is 25.8 Å². The van der Waals surface area contributed by atoms with Crippen LogP contribution >= 0.6 is 11.3 Å². The van der Waals surface area contributed by atoms with Crippen LogP contribution in [0.15, 0.2) is 66.3 Å². The number of aryl methyl sites for hydroxylation is 1. The highest BCUT2D eigenvalue weighted by Gasteiger charge is 2.23. The Balaban J connectivity index is 1.51. The highest BCUT2D eigenvalue weighted by molar-refractivity contribution is 7.14. The number of tetrazole rings is 1. The summed E-state index contributed by atoms with van der Waals surface area (Å²) >= 11 is 1.40. The van der Waals surface area contributed by atoms with E-state index in [1.807, 2.05) is 35.7 Å². The summed E-state index contributed by atoms with van der Waals surface area (Å²) in [5, 5.41) is 16.7. The predicted molar refractivity (Wildman–Crippen MR) is 113 cm³/mol. The first kappa shape index (κ1) is 18.9. The number of thiazole rings is 1. The van der Waals surface area contributed by atoms with Gasteiger partial charge in [-0.25, -0.2) is 9.67 Å². The van der Waals surface area contributed by atoms with Crippen LogP contribution in [0.2, 0.25) is 0 Å². The zero-order valence-electron chi connectivity index (χ0n) is 15.9. The minimum absolute atomic E-state index is 0.205. The second-order valence-electron chi connectivity index (χ2n) is 6.57. The van der Waals surface area contributed by atoms with Gasteiger partial charge >= 0.3 is 0 Å². The summed E-state index contributed by atoms with van der Waals surface area (Å²) in [5.74, 6) is -0.205. The third-order valence-corrected chi connectivity index (χ3v) is 5.41. The van der Waals surface area contributed by atoms with Crippen LogP contribution < -0.4 is 5.32 Å². The molecule has 0 unspecified atom stereocenters. The minimum Gasteiger partial charge on any atom is -0.300 e. The van der Waals surface area contributed by atoms with Crippen molar-refractivity contribution in [3.63, 3.8) is 0 Å². The van der Waals surface area contributed by atoms with Gasteiger partial charge in [-0.1, -0.05) is 61.5 Å². The van der Waals surface area contributed by atoms with Crippen LogP contribution in [0.3, 0.4) is 0 Å². The van der Waals surface area contributed by atoms with E-state index in [-0.39, 0.29) is 5.91 Å². The van der Waals surface area contributed by atoms with Crippen LogP contribution in [0.1, 0.15) is 24.1 Å². The van der Waals surface area contributed by atoms with Crippen LogP contribution in [0.25, 0.3) is 11.3 Å². The summed E-state index contributed by atoms with van der Waals surface area (Å²) < 4.78 is 1.47. The van der Waals surface area contributed by atoms with Gasteiger partial charge in [0.25, 0.3) is 5.91 Å². The van der Waals surface area contributed by atoms with Crippen molar-refractivity contribution in [1.82, 2.24) is 25.2 Å². The monoisotopic (exact) mass is 404 g/mol. The van der Waals surface area contributed by atoms with Crippen LogP contribution in [0, 0.1) is 0 Å². The van der Waals surface area contributed by atoms with Crippen molar-refractivity contribution >= 4 is 22.4 Å². The van der Waals surface area contributed by atoms with Gasteiger partial charge in [0.15, 0.2) is 5.13 Å². The first-order valence-corrected chi connectivity index (χ1v) is 10.2. The van der Waals surface area contributed by atoms with E-state index in [9.17, 15) is 4.79 Å². The second-order valence-corrected chi connectivity index (χ2v) is 7.43. The Morgan fingerprint density at radius 3 is 2.59 bits per heavy atom. The molecule has 8 heteroatoms. The fraction of sp³-hybridized carbons (Fsp3) is 0.190. The Kier molecular flexibility index (Phi) is 5.71. The Labute approximate surface area is 172 Å². The normalized spacial score (nSPS) is 11.9. The highest BCUT2D eigenvalue weighted by atomic mass is 32.1. The lowest BCUT2D eigenvalue weighted by molar-refractivity contribution is -0.119. The van der Waals surface area contributed by atoms with Gasteiger partial charge in [0.1, 0.15) is 12.4 Å². The number of hydrogen-bond donors (Lipinski definition) is 1. The van der Waals surface area contributed by atoms with Gasteiger partial charge in [-0.3, -0.25) is 4.79 Å². The average molecular weight is 404 g/mol. The van der Waals surface area contributed by atoms with E-state index in [0.29, 0.717) is 11.6 Å². The molecule has 1 amide bonds. The van der Waals surface area contributed by atoms with Gasteiger partial charge in [0.05, 0.1) is 5.69 Å². The Morgan fingerprint density at radius 1 is 1.10 bits per heavy atom.